The SMILES string of the molecule is CC1=C[C@H]2CC(C)=NN2C(N)=N1. The zero-order chi connectivity index (χ0) is 8.72. The van der Waals surface area contributed by atoms with Crippen LogP contribution < -0.4 is 5.73 Å². The van der Waals surface area contributed by atoms with Crippen LogP contribution in [0, 0.1) is 0 Å². The predicted octanol–water partition coefficient (Wildman–Crippen LogP) is 0.669. The Bertz CT molecular complexity index is 300. The Kier molecular flexibility index (Phi) is 1.43. The summed E-state index contributed by atoms with van der Waals surface area (Å²) in [4.78, 5) is 4.13. The van der Waals surface area contributed by atoms with Crippen LogP contribution in [0.2, 0.25) is 0 Å². The fourth-order valence-electron chi connectivity index (χ4n) is 1.59. The van der Waals surface area contributed by atoms with Gasteiger partial charge in [0.05, 0.1) is 6.04 Å². The van der Waals surface area contributed by atoms with E-state index in [1.165, 1.54) is 0 Å². The molecule has 4 nitrogen and oxygen atoms in total. The number of nitrogens with zero attached hydrogens (tertiary/aromatic N) is 3. The van der Waals surface area contributed by atoms with Crippen molar-refractivity contribution in [3.63, 3.8) is 0 Å². The zero-order valence-electron chi connectivity index (χ0n) is 7.28. The Morgan fingerprint density at radius 3 is 3.08 bits per heavy atom. The Labute approximate surface area is 71.5 Å². The fraction of sp³-hybridized carbons (Fsp3) is 0.500. The van der Waals surface area contributed by atoms with Crippen molar-refractivity contribution < 1.29 is 0 Å². The first-order chi connectivity index (χ1) is 5.66. The smallest absolute Gasteiger partial charge is 0.217 e. The minimum absolute atomic E-state index is 0.308. The van der Waals surface area contributed by atoms with Crippen molar-refractivity contribution in [3.05, 3.63) is 11.8 Å². The molecule has 2 heterocycles. The third-order valence-corrected chi connectivity index (χ3v) is 2.06. The first-order valence-electron chi connectivity index (χ1n) is 4.03. The number of aliphatic imine (C=N–C) groups is 1. The molecule has 0 radical (unpaired) electrons. The molecule has 0 aromatic heterocycles. The van der Waals surface area contributed by atoms with Gasteiger partial charge >= 0.3 is 0 Å². The lowest BCUT2D eigenvalue weighted by Gasteiger charge is -2.23. The van der Waals surface area contributed by atoms with Gasteiger partial charge in [-0.25, -0.2) is 10.0 Å². The topological polar surface area (TPSA) is 54.0 Å². The van der Waals surface area contributed by atoms with Crippen LogP contribution in [0.25, 0.3) is 0 Å². The van der Waals surface area contributed by atoms with E-state index in [0.717, 1.165) is 17.8 Å². The molecule has 0 aliphatic carbocycles. The number of fused-ring (bicyclic) bond motifs is 1. The van der Waals surface area contributed by atoms with Crippen molar-refractivity contribution >= 4 is 11.7 Å². The van der Waals surface area contributed by atoms with Crippen LogP contribution in [0.1, 0.15) is 20.3 Å². The molecule has 2 rings (SSSR count). The van der Waals surface area contributed by atoms with Crippen LogP contribution >= 0.6 is 0 Å². The molecule has 0 unspecified atom stereocenters. The molecule has 12 heavy (non-hydrogen) atoms. The minimum atomic E-state index is 0.308. The number of hydrazone groups is 1. The molecule has 0 aromatic rings. The molecule has 1 atom stereocenters. The summed E-state index contributed by atoms with van der Waals surface area (Å²) >= 11 is 0. The average Bonchev–Trinajstić information content (AvgIpc) is 2.29. The molecule has 0 spiro atoms. The second-order valence-corrected chi connectivity index (χ2v) is 3.23. The maximum atomic E-state index is 5.70. The number of allylic oxidation sites excluding steroid dienone is 1. The summed E-state index contributed by atoms with van der Waals surface area (Å²) in [5.41, 5.74) is 7.80. The van der Waals surface area contributed by atoms with Gasteiger partial charge in [0.2, 0.25) is 5.96 Å². The van der Waals surface area contributed by atoms with Crippen molar-refractivity contribution in [2.24, 2.45) is 15.8 Å². The first-order valence-corrected chi connectivity index (χ1v) is 4.03. The molecule has 0 saturated carbocycles. The number of nitrogens with two attached hydrogens (primary N) is 1. The summed E-state index contributed by atoms with van der Waals surface area (Å²) in [7, 11) is 0. The van der Waals surface area contributed by atoms with Gasteiger partial charge in [0.1, 0.15) is 0 Å². The molecular formula is C8H12N4. The minimum Gasteiger partial charge on any atom is -0.368 e. The Balaban J connectivity index is 2.33. The first kappa shape index (κ1) is 7.34. The second kappa shape index (κ2) is 2.33. The maximum Gasteiger partial charge on any atom is 0.217 e. The highest BCUT2D eigenvalue weighted by Crippen LogP contribution is 2.21. The third kappa shape index (κ3) is 0.995. The van der Waals surface area contributed by atoms with Crippen LogP contribution in [-0.2, 0) is 0 Å². The van der Waals surface area contributed by atoms with E-state index >= 15 is 0 Å². The quantitative estimate of drug-likeness (QED) is 0.572. The molecule has 2 N–H and O–H groups in total. The summed E-state index contributed by atoms with van der Waals surface area (Å²) < 4.78 is 0. The number of guanidine groups is 1. The molecule has 2 aliphatic heterocycles. The highest BCUT2D eigenvalue weighted by molar-refractivity contribution is 5.90. The molecule has 4 heteroatoms. The predicted molar refractivity (Wildman–Crippen MR) is 48.7 cm³/mol. The van der Waals surface area contributed by atoms with Gasteiger partial charge in [-0.1, -0.05) is 0 Å². The summed E-state index contributed by atoms with van der Waals surface area (Å²) in [5.74, 6) is 0.511. The number of hydrogen-bond donors (Lipinski definition) is 1. The average molecular weight is 164 g/mol. The van der Waals surface area contributed by atoms with Crippen molar-refractivity contribution in [2.45, 2.75) is 26.3 Å². The van der Waals surface area contributed by atoms with E-state index in [0.29, 0.717) is 12.0 Å². The van der Waals surface area contributed by atoms with Crippen LogP contribution in [0.3, 0.4) is 0 Å². The van der Waals surface area contributed by atoms with Gasteiger partial charge in [-0.2, -0.15) is 5.10 Å². The molecule has 0 bridgehead atoms. The number of rotatable bonds is 0. The zero-order valence-corrected chi connectivity index (χ0v) is 7.28. The van der Waals surface area contributed by atoms with E-state index in [1.807, 2.05) is 13.8 Å². The van der Waals surface area contributed by atoms with Crippen molar-refractivity contribution in [3.8, 4) is 0 Å². The molecule has 0 amide bonds. The molecular weight excluding hydrogens is 152 g/mol. The monoisotopic (exact) mass is 164 g/mol. The van der Waals surface area contributed by atoms with Gasteiger partial charge < -0.3 is 5.73 Å². The van der Waals surface area contributed by atoms with Crippen molar-refractivity contribution in [2.75, 3.05) is 0 Å². The van der Waals surface area contributed by atoms with Crippen LogP contribution in [0.4, 0.5) is 0 Å². The standard InChI is InChI=1S/C8H12N4/c1-5-3-7-4-6(2)11-12(7)8(9)10-5/h3,7H,4H2,1-2H3,(H2,9,10)/t7-/m0/s1. The van der Waals surface area contributed by atoms with Gasteiger partial charge in [0, 0.05) is 17.8 Å². The maximum absolute atomic E-state index is 5.70. The largest absolute Gasteiger partial charge is 0.368 e. The van der Waals surface area contributed by atoms with Gasteiger partial charge in [-0.3, -0.25) is 0 Å². The lowest BCUT2D eigenvalue weighted by Crippen LogP contribution is -2.39. The Hall–Kier alpha value is -1.32. The van der Waals surface area contributed by atoms with E-state index < -0.39 is 0 Å². The van der Waals surface area contributed by atoms with Crippen molar-refractivity contribution in [1.82, 2.24) is 5.01 Å². The molecule has 0 saturated heterocycles. The summed E-state index contributed by atoms with van der Waals surface area (Å²) in [5, 5.41) is 6.06. The Morgan fingerprint density at radius 2 is 2.33 bits per heavy atom. The second-order valence-electron chi connectivity index (χ2n) is 3.23. The lowest BCUT2D eigenvalue weighted by atomic mass is 10.1. The van der Waals surface area contributed by atoms with Crippen LogP contribution in [0.5, 0.6) is 0 Å². The van der Waals surface area contributed by atoms with Crippen LogP contribution in [-0.4, -0.2) is 22.7 Å². The van der Waals surface area contributed by atoms with E-state index in [2.05, 4.69) is 16.2 Å². The van der Waals surface area contributed by atoms with Gasteiger partial charge in [-0.15, -0.1) is 0 Å². The highest BCUT2D eigenvalue weighted by Gasteiger charge is 2.27. The van der Waals surface area contributed by atoms with Gasteiger partial charge in [-0.05, 0) is 19.9 Å². The van der Waals surface area contributed by atoms with E-state index in [1.54, 1.807) is 5.01 Å². The van der Waals surface area contributed by atoms with Crippen molar-refractivity contribution in [1.29, 1.82) is 0 Å². The molecule has 64 valence electrons. The molecule has 0 fully saturated rings. The highest BCUT2D eigenvalue weighted by atomic mass is 15.5. The third-order valence-electron chi connectivity index (χ3n) is 2.06. The molecule has 2 aliphatic rings. The van der Waals surface area contributed by atoms with Gasteiger partial charge in [0.15, 0.2) is 0 Å². The van der Waals surface area contributed by atoms with E-state index in [4.69, 9.17) is 5.73 Å². The lowest BCUT2D eigenvalue weighted by molar-refractivity contribution is 0.402. The molecule has 0 aromatic carbocycles. The summed E-state index contributed by atoms with van der Waals surface area (Å²) in [6.45, 7) is 3.96. The number of hydrogen-bond acceptors (Lipinski definition) is 4. The fourth-order valence-corrected chi connectivity index (χ4v) is 1.59. The Morgan fingerprint density at radius 1 is 1.58 bits per heavy atom. The van der Waals surface area contributed by atoms with Gasteiger partial charge in [0.25, 0.3) is 0 Å². The van der Waals surface area contributed by atoms with Crippen LogP contribution in [0.15, 0.2) is 21.9 Å². The normalized spacial score (nSPS) is 27.7. The van der Waals surface area contributed by atoms with E-state index in [9.17, 15) is 0 Å². The summed E-state index contributed by atoms with van der Waals surface area (Å²) in [6.07, 6.45) is 3.06. The summed E-state index contributed by atoms with van der Waals surface area (Å²) in [6, 6.07) is 0.308. The van der Waals surface area contributed by atoms with E-state index in [-0.39, 0.29) is 0 Å².